The number of rotatable bonds is 4. The van der Waals surface area contributed by atoms with Crippen molar-refractivity contribution in [3.63, 3.8) is 0 Å². The largest absolute Gasteiger partial charge is 0.385 e. The van der Waals surface area contributed by atoms with Crippen molar-refractivity contribution < 1.29 is 5.11 Å². The Morgan fingerprint density at radius 1 is 1.56 bits per heavy atom. The van der Waals surface area contributed by atoms with E-state index in [1.54, 1.807) is 17.5 Å². The van der Waals surface area contributed by atoms with Crippen molar-refractivity contribution in [1.29, 1.82) is 0 Å². The van der Waals surface area contributed by atoms with Crippen molar-refractivity contribution in [1.82, 2.24) is 9.55 Å². The molecule has 1 unspecified atom stereocenters. The van der Waals surface area contributed by atoms with Crippen molar-refractivity contribution in [2.45, 2.75) is 25.4 Å². The second kappa shape index (κ2) is 4.39. The molecule has 16 heavy (non-hydrogen) atoms. The van der Waals surface area contributed by atoms with Crippen LogP contribution in [0, 0.1) is 0 Å². The summed E-state index contributed by atoms with van der Waals surface area (Å²) in [4.78, 5) is 5.27. The van der Waals surface area contributed by atoms with Crippen LogP contribution in [0.5, 0.6) is 0 Å². The van der Waals surface area contributed by atoms with Crippen molar-refractivity contribution in [2.75, 3.05) is 0 Å². The van der Waals surface area contributed by atoms with E-state index in [0.717, 1.165) is 17.1 Å². The molecule has 2 aromatic rings. The summed E-state index contributed by atoms with van der Waals surface area (Å²) >= 11 is 1.59. The normalized spacial score (nSPS) is 14.9. The lowest BCUT2D eigenvalue weighted by atomic mass is 9.98. The minimum atomic E-state index is -0.750. The molecule has 1 N–H and O–H groups in total. The Morgan fingerprint density at radius 2 is 2.38 bits per heavy atom. The molecule has 0 aliphatic rings. The predicted molar refractivity (Wildman–Crippen MR) is 65.4 cm³/mol. The first kappa shape index (κ1) is 11.4. The van der Waals surface area contributed by atoms with Gasteiger partial charge in [-0.3, -0.25) is 0 Å². The van der Waals surface area contributed by atoms with Crippen LogP contribution >= 0.6 is 11.3 Å². The van der Waals surface area contributed by atoms with Crippen LogP contribution in [0.1, 0.15) is 24.0 Å². The molecule has 0 aromatic carbocycles. The first-order chi connectivity index (χ1) is 7.59. The molecule has 2 heterocycles. The second-order valence-corrected chi connectivity index (χ2v) is 5.15. The van der Waals surface area contributed by atoms with Crippen molar-refractivity contribution in [3.05, 3.63) is 40.6 Å². The van der Waals surface area contributed by atoms with E-state index in [2.05, 4.69) is 4.98 Å². The lowest BCUT2D eigenvalue weighted by molar-refractivity contribution is 0.0511. The van der Waals surface area contributed by atoms with Gasteiger partial charge in [0.2, 0.25) is 0 Å². The summed E-state index contributed by atoms with van der Waals surface area (Å²) in [7, 11) is 1.97. The topological polar surface area (TPSA) is 38.0 Å². The number of hydrogen-bond acceptors (Lipinski definition) is 3. The van der Waals surface area contributed by atoms with Gasteiger partial charge in [0.15, 0.2) is 0 Å². The van der Waals surface area contributed by atoms with E-state index >= 15 is 0 Å². The summed E-state index contributed by atoms with van der Waals surface area (Å²) in [6, 6.07) is 3.94. The highest BCUT2D eigenvalue weighted by atomic mass is 32.1. The first-order valence-corrected chi connectivity index (χ1v) is 6.20. The van der Waals surface area contributed by atoms with Crippen LogP contribution in [0.3, 0.4) is 0 Å². The zero-order valence-corrected chi connectivity index (χ0v) is 10.4. The molecule has 0 saturated carbocycles. The Morgan fingerprint density at radius 3 is 2.94 bits per heavy atom. The zero-order chi connectivity index (χ0) is 11.6. The van der Waals surface area contributed by atoms with Gasteiger partial charge in [-0.15, -0.1) is 11.3 Å². The number of aromatic nitrogens is 2. The maximum absolute atomic E-state index is 10.3. The van der Waals surface area contributed by atoms with Crippen LogP contribution in [0.2, 0.25) is 0 Å². The SMILES string of the molecule is Cn1ccnc1CCC(C)(O)c1cccs1. The van der Waals surface area contributed by atoms with Gasteiger partial charge in [-0.25, -0.2) is 4.98 Å². The molecule has 86 valence electrons. The third-order valence-electron chi connectivity index (χ3n) is 2.81. The fourth-order valence-corrected chi connectivity index (χ4v) is 2.52. The van der Waals surface area contributed by atoms with Crippen LogP contribution in [-0.2, 0) is 19.1 Å². The number of aryl methyl sites for hydroxylation is 2. The molecule has 0 fully saturated rings. The second-order valence-electron chi connectivity index (χ2n) is 4.21. The molecular weight excluding hydrogens is 220 g/mol. The number of imidazole rings is 1. The van der Waals surface area contributed by atoms with E-state index in [1.807, 2.05) is 42.2 Å². The van der Waals surface area contributed by atoms with Crippen LogP contribution in [0.4, 0.5) is 0 Å². The van der Waals surface area contributed by atoms with E-state index in [1.165, 1.54) is 0 Å². The van der Waals surface area contributed by atoms with Gasteiger partial charge in [0.25, 0.3) is 0 Å². The maximum atomic E-state index is 10.3. The van der Waals surface area contributed by atoms with Gasteiger partial charge in [0, 0.05) is 30.7 Å². The first-order valence-electron chi connectivity index (χ1n) is 5.32. The highest BCUT2D eigenvalue weighted by Gasteiger charge is 2.24. The Balaban J connectivity index is 2.03. The minimum Gasteiger partial charge on any atom is -0.385 e. The fourth-order valence-electron chi connectivity index (χ4n) is 1.70. The molecule has 1 atom stereocenters. The molecule has 0 saturated heterocycles. The van der Waals surface area contributed by atoms with Crippen molar-refractivity contribution in [2.24, 2.45) is 7.05 Å². The zero-order valence-electron chi connectivity index (χ0n) is 9.55. The molecule has 0 amide bonds. The number of aliphatic hydroxyl groups is 1. The summed E-state index contributed by atoms with van der Waals surface area (Å²) in [5.74, 6) is 1.01. The monoisotopic (exact) mass is 236 g/mol. The van der Waals surface area contributed by atoms with Gasteiger partial charge in [0.1, 0.15) is 5.82 Å². The van der Waals surface area contributed by atoms with E-state index in [-0.39, 0.29) is 0 Å². The highest BCUT2D eigenvalue weighted by molar-refractivity contribution is 7.10. The fraction of sp³-hybridized carbons (Fsp3) is 0.417. The molecular formula is C12H16N2OS. The predicted octanol–water partition coefficient (Wildman–Crippen LogP) is 2.32. The van der Waals surface area contributed by atoms with E-state index < -0.39 is 5.60 Å². The van der Waals surface area contributed by atoms with Crippen LogP contribution < -0.4 is 0 Å². The Kier molecular flexibility index (Phi) is 3.12. The summed E-state index contributed by atoms with van der Waals surface area (Å²) in [5.41, 5.74) is -0.750. The summed E-state index contributed by atoms with van der Waals surface area (Å²) in [6.07, 6.45) is 5.19. The lowest BCUT2D eigenvalue weighted by Crippen LogP contribution is -2.21. The molecule has 0 aliphatic heterocycles. The van der Waals surface area contributed by atoms with Crippen molar-refractivity contribution >= 4 is 11.3 Å². The summed E-state index contributed by atoms with van der Waals surface area (Å²) in [5, 5.41) is 12.3. The molecule has 2 rings (SSSR count). The molecule has 0 aliphatic carbocycles. The van der Waals surface area contributed by atoms with E-state index in [9.17, 15) is 5.11 Å². The average Bonchev–Trinajstić information content (AvgIpc) is 2.85. The van der Waals surface area contributed by atoms with Gasteiger partial charge in [-0.05, 0) is 24.8 Å². The third-order valence-corrected chi connectivity index (χ3v) is 3.93. The number of thiophene rings is 1. The van der Waals surface area contributed by atoms with Gasteiger partial charge in [-0.2, -0.15) is 0 Å². The number of hydrogen-bond donors (Lipinski definition) is 1. The maximum Gasteiger partial charge on any atom is 0.108 e. The highest BCUT2D eigenvalue weighted by Crippen LogP contribution is 2.29. The molecule has 0 spiro atoms. The quantitative estimate of drug-likeness (QED) is 0.884. The van der Waals surface area contributed by atoms with E-state index in [0.29, 0.717) is 6.42 Å². The van der Waals surface area contributed by atoms with Gasteiger partial charge < -0.3 is 9.67 Å². The van der Waals surface area contributed by atoms with Gasteiger partial charge in [0.05, 0.1) is 5.60 Å². The minimum absolute atomic E-state index is 0.693. The lowest BCUT2D eigenvalue weighted by Gasteiger charge is -2.21. The Labute approximate surface area is 99.4 Å². The van der Waals surface area contributed by atoms with Crippen LogP contribution in [-0.4, -0.2) is 14.7 Å². The number of nitrogens with zero attached hydrogens (tertiary/aromatic N) is 2. The molecule has 2 aromatic heterocycles. The summed E-state index contributed by atoms with van der Waals surface area (Å²) in [6.45, 7) is 1.86. The van der Waals surface area contributed by atoms with Gasteiger partial charge in [-0.1, -0.05) is 6.07 Å². The molecule has 3 nitrogen and oxygen atoms in total. The van der Waals surface area contributed by atoms with E-state index in [4.69, 9.17) is 0 Å². The molecule has 4 heteroatoms. The molecule has 0 bridgehead atoms. The van der Waals surface area contributed by atoms with Gasteiger partial charge >= 0.3 is 0 Å². The Hall–Kier alpha value is -1.13. The molecule has 0 radical (unpaired) electrons. The Bertz CT molecular complexity index is 445. The smallest absolute Gasteiger partial charge is 0.108 e. The third kappa shape index (κ3) is 2.33. The standard InChI is InChI=1S/C12H16N2OS/c1-12(15,10-4-3-9-16-10)6-5-11-13-7-8-14(11)2/h3-4,7-9,15H,5-6H2,1-2H3. The van der Waals surface area contributed by atoms with Crippen LogP contribution in [0.25, 0.3) is 0 Å². The van der Waals surface area contributed by atoms with Crippen LogP contribution in [0.15, 0.2) is 29.9 Å². The summed E-state index contributed by atoms with van der Waals surface area (Å²) < 4.78 is 1.99. The van der Waals surface area contributed by atoms with Crippen molar-refractivity contribution in [3.8, 4) is 0 Å². The average molecular weight is 236 g/mol.